The summed E-state index contributed by atoms with van der Waals surface area (Å²) in [6.07, 6.45) is -0.480. The lowest BCUT2D eigenvalue weighted by Gasteiger charge is -2.29. The minimum absolute atomic E-state index is 0.325. The van der Waals surface area contributed by atoms with Crippen molar-refractivity contribution in [2.24, 2.45) is 0 Å². The fourth-order valence-electron chi connectivity index (χ4n) is 2.31. The first kappa shape index (κ1) is 12.6. The molecule has 1 N–H and O–H groups in total. The van der Waals surface area contributed by atoms with Gasteiger partial charge in [-0.25, -0.2) is 4.39 Å². The van der Waals surface area contributed by atoms with Crippen LogP contribution >= 0.6 is 15.9 Å². The molecule has 0 aliphatic carbocycles. The van der Waals surface area contributed by atoms with Crippen LogP contribution in [0.25, 0.3) is 0 Å². The second-order valence-electron chi connectivity index (χ2n) is 4.57. The summed E-state index contributed by atoms with van der Waals surface area (Å²) in [4.78, 5) is 0. The van der Waals surface area contributed by atoms with Gasteiger partial charge in [-0.15, -0.1) is 0 Å². The minimum Gasteiger partial charge on any atom is -0.485 e. The van der Waals surface area contributed by atoms with E-state index >= 15 is 0 Å². The van der Waals surface area contributed by atoms with Crippen molar-refractivity contribution in [3.63, 3.8) is 0 Å². The summed E-state index contributed by atoms with van der Waals surface area (Å²) in [6, 6.07) is 12.3. The average Bonchev–Trinajstić information content (AvgIpc) is 2.42. The molecule has 0 spiro atoms. The number of halogens is 2. The van der Waals surface area contributed by atoms with Gasteiger partial charge in [0.25, 0.3) is 0 Å². The van der Waals surface area contributed by atoms with Crippen LogP contribution in [0.5, 0.6) is 5.75 Å². The van der Waals surface area contributed by atoms with Crippen molar-refractivity contribution in [1.82, 2.24) is 0 Å². The molecule has 19 heavy (non-hydrogen) atoms. The van der Waals surface area contributed by atoms with Crippen LogP contribution in [-0.4, -0.2) is 5.11 Å². The first-order valence-electron chi connectivity index (χ1n) is 6.04. The molecule has 4 heteroatoms. The second-order valence-corrected chi connectivity index (χ2v) is 5.42. The third kappa shape index (κ3) is 2.38. The van der Waals surface area contributed by atoms with Crippen molar-refractivity contribution in [2.75, 3.05) is 0 Å². The summed E-state index contributed by atoms with van der Waals surface area (Å²) in [5, 5.41) is 10.1. The fraction of sp³-hybridized carbons (Fsp3) is 0.200. The predicted octanol–water partition coefficient (Wildman–Crippen LogP) is 4.15. The van der Waals surface area contributed by atoms with Crippen molar-refractivity contribution in [3.05, 3.63) is 63.9 Å². The number of para-hydroxylation sites is 1. The van der Waals surface area contributed by atoms with Gasteiger partial charge in [-0.2, -0.15) is 0 Å². The van der Waals surface area contributed by atoms with Crippen LogP contribution in [0.1, 0.15) is 29.8 Å². The van der Waals surface area contributed by atoms with E-state index in [1.54, 1.807) is 12.1 Å². The molecule has 1 aliphatic heterocycles. The van der Waals surface area contributed by atoms with Gasteiger partial charge in [-0.3, -0.25) is 0 Å². The summed E-state index contributed by atoms with van der Waals surface area (Å²) in [5.74, 6) is 0.337. The Balaban J connectivity index is 1.94. The van der Waals surface area contributed by atoms with Gasteiger partial charge in [0.05, 0.1) is 10.6 Å². The molecule has 3 rings (SSSR count). The normalized spacial score (nSPS) is 21.6. The van der Waals surface area contributed by atoms with E-state index in [4.69, 9.17) is 4.74 Å². The largest absolute Gasteiger partial charge is 0.485 e. The number of hydrogen-bond donors (Lipinski definition) is 1. The van der Waals surface area contributed by atoms with Crippen LogP contribution < -0.4 is 4.74 Å². The Morgan fingerprint density at radius 2 is 2.00 bits per heavy atom. The van der Waals surface area contributed by atoms with Gasteiger partial charge in [0.2, 0.25) is 0 Å². The number of aliphatic hydroxyl groups excluding tert-OH is 1. The highest BCUT2D eigenvalue weighted by Gasteiger charge is 2.27. The smallest absolute Gasteiger partial charge is 0.137 e. The molecule has 98 valence electrons. The molecule has 0 saturated carbocycles. The van der Waals surface area contributed by atoms with Crippen LogP contribution in [0.15, 0.2) is 46.9 Å². The molecule has 0 fully saturated rings. The molecule has 2 unspecified atom stereocenters. The number of rotatable bonds is 1. The Kier molecular flexibility index (Phi) is 3.29. The van der Waals surface area contributed by atoms with Gasteiger partial charge < -0.3 is 9.84 Å². The van der Waals surface area contributed by atoms with E-state index in [-0.39, 0.29) is 11.9 Å². The summed E-state index contributed by atoms with van der Waals surface area (Å²) in [7, 11) is 0. The zero-order chi connectivity index (χ0) is 13.4. The van der Waals surface area contributed by atoms with Gasteiger partial charge >= 0.3 is 0 Å². The van der Waals surface area contributed by atoms with Crippen molar-refractivity contribution in [2.45, 2.75) is 18.6 Å². The Morgan fingerprint density at radius 1 is 1.21 bits per heavy atom. The Bertz CT molecular complexity index is 615. The topological polar surface area (TPSA) is 29.5 Å². The van der Waals surface area contributed by atoms with E-state index in [1.165, 1.54) is 6.07 Å². The molecule has 2 aromatic rings. The van der Waals surface area contributed by atoms with Crippen LogP contribution in [0, 0.1) is 5.82 Å². The van der Waals surface area contributed by atoms with Gasteiger partial charge in [0.1, 0.15) is 17.7 Å². The molecule has 2 atom stereocenters. The quantitative estimate of drug-likeness (QED) is 0.854. The molecule has 0 saturated heterocycles. The van der Waals surface area contributed by atoms with Gasteiger partial charge in [0, 0.05) is 12.0 Å². The molecule has 1 heterocycles. The monoisotopic (exact) mass is 322 g/mol. The van der Waals surface area contributed by atoms with Crippen molar-refractivity contribution < 1.29 is 14.2 Å². The molecule has 1 aliphatic rings. The Morgan fingerprint density at radius 3 is 2.79 bits per heavy atom. The van der Waals surface area contributed by atoms with Gasteiger partial charge in [-0.1, -0.05) is 24.3 Å². The fourth-order valence-corrected chi connectivity index (χ4v) is 2.56. The summed E-state index contributed by atoms with van der Waals surface area (Å²) >= 11 is 3.13. The van der Waals surface area contributed by atoms with Crippen LogP contribution in [0.3, 0.4) is 0 Å². The standard InChI is InChI=1S/C15H12BrFO2/c16-11-6-5-9(7-12(11)17)15-8-13(18)10-3-1-2-4-14(10)19-15/h1-7,13,15,18H,8H2. The number of fused-ring (bicyclic) bond motifs is 1. The van der Waals surface area contributed by atoms with Crippen LogP contribution in [0.4, 0.5) is 4.39 Å². The van der Waals surface area contributed by atoms with E-state index < -0.39 is 6.10 Å². The maximum absolute atomic E-state index is 13.6. The molecular formula is C15H12BrFO2. The lowest BCUT2D eigenvalue weighted by Crippen LogP contribution is -2.19. The average molecular weight is 323 g/mol. The highest BCUT2D eigenvalue weighted by Crippen LogP contribution is 2.40. The van der Waals surface area contributed by atoms with E-state index in [1.807, 2.05) is 24.3 Å². The molecule has 0 bridgehead atoms. The van der Waals surface area contributed by atoms with Crippen LogP contribution in [-0.2, 0) is 0 Å². The number of benzene rings is 2. The molecule has 2 nitrogen and oxygen atoms in total. The van der Waals surface area contributed by atoms with E-state index in [9.17, 15) is 9.50 Å². The molecule has 2 aromatic carbocycles. The summed E-state index contributed by atoms with van der Waals surface area (Å²) in [6.45, 7) is 0. The molecular weight excluding hydrogens is 311 g/mol. The number of aliphatic hydroxyl groups is 1. The highest BCUT2D eigenvalue weighted by atomic mass is 79.9. The highest BCUT2D eigenvalue weighted by molar-refractivity contribution is 9.10. The van der Waals surface area contributed by atoms with Crippen molar-refractivity contribution >= 4 is 15.9 Å². The number of ether oxygens (including phenoxy) is 1. The second kappa shape index (κ2) is 4.94. The number of hydrogen-bond acceptors (Lipinski definition) is 2. The van der Waals surface area contributed by atoms with Gasteiger partial charge in [0.15, 0.2) is 0 Å². The summed E-state index contributed by atoms with van der Waals surface area (Å²) in [5.41, 5.74) is 1.52. The van der Waals surface area contributed by atoms with Crippen molar-refractivity contribution in [3.8, 4) is 5.75 Å². The third-order valence-electron chi connectivity index (χ3n) is 3.30. The minimum atomic E-state index is -0.582. The molecule has 0 radical (unpaired) electrons. The first-order chi connectivity index (χ1) is 9.15. The SMILES string of the molecule is OC1CC(c2ccc(Br)c(F)c2)Oc2ccccc21. The Labute approximate surface area is 119 Å². The summed E-state index contributed by atoms with van der Waals surface area (Å²) < 4.78 is 19.8. The lowest BCUT2D eigenvalue weighted by atomic mass is 9.95. The van der Waals surface area contributed by atoms with Gasteiger partial charge in [-0.05, 0) is 39.7 Å². The van der Waals surface area contributed by atoms with Crippen molar-refractivity contribution in [1.29, 1.82) is 0 Å². The maximum atomic E-state index is 13.6. The molecule has 0 aromatic heterocycles. The lowest BCUT2D eigenvalue weighted by molar-refractivity contribution is 0.0656. The zero-order valence-corrected chi connectivity index (χ0v) is 11.6. The van der Waals surface area contributed by atoms with E-state index in [2.05, 4.69) is 15.9 Å². The maximum Gasteiger partial charge on any atom is 0.137 e. The first-order valence-corrected chi connectivity index (χ1v) is 6.83. The zero-order valence-electron chi connectivity index (χ0n) is 10.0. The van der Waals surface area contributed by atoms with E-state index in [0.717, 1.165) is 11.1 Å². The molecule has 0 amide bonds. The van der Waals surface area contributed by atoms with Crippen LogP contribution in [0.2, 0.25) is 0 Å². The van der Waals surface area contributed by atoms with E-state index in [0.29, 0.717) is 16.6 Å². The Hall–Kier alpha value is -1.39. The third-order valence-corrected chi connectivity index (χ3v) is 3.94. The predicted molar refractivity (Wildman–Crippen MR) is 73.5 cm³/mol.